The first-order valence-corrected chi connectivity index (χ1v) is 11.0. The molecule has 0 aliphatic carbocycles. The molecule has 1 aliphatic heterocycles. The number of hydrogen-bond acceptors (Lipinski definition) is 3. The van der Waals surface area contributed by atoms with Gasteiger partial charge < -0.3 is 5.32 Å². The largest absolute Gasteiger partial charge is 0.352 e. The number of halogens is 2. The Morgan fingerprint density at radius 1 is 1.10 bits per heavy atom. The molecule has 1 N–H and O–H groups in total. The van der Waals surface area contributed by atoms with Crippen molar-refractivity contribution in [2.24, 2.45) is 0 Å². The molecule has 0 radical (unpaired) electrons. The molecule has 0 unspecified atom stereocenters. The van der Waals surface area contributed by atoms with Crippen molar-refractivity contribution in [1.29, 1.82) is 0 Å². The molecule has 2 aromatic carbocycles. The van der Waals surface area contributed by atoms with Crippen molar-refractivity contribution in [1.82, 2.24) is 9.62 Å². The monoisotopic (exact) mass is 422 g/mol. The summed E-state index contributed by atoms with van der Waals surface area (Å²) >= 11 is 0. The lowest BCUT2D eigenvalue weighted by atomic mass is 10.0. The number of piperidine rings is 1. The van der Waals surface area contributed by atoms with E-state index >= 15 is 0 Å². The molecule has 3 rings (SSSR count). The predicted octanol–water partition coefficient (Wildman–Crippen LogP) is 3.52. The first-order valence-electron chi connectivity index (χ1n) is 9.57. The summed E-state index contributed by atoms with van der Waals surface area (Å²) in [5, 5.41) is 2.51. The van der Waals surface area contributed by atoms with Gasteiger partial charge in [0, 0.05) is 31.1 Å². The quantitative estimate of drug-likeness (QED) is 0.775. The summed E-state index contributed by atoms with van der Waals surface area (Å²) in [5.74, 6) is -1.90. The van der Waals surface area contributed by atoms with Gasteiger partial charge in [0.15, 0.2) is 0 Å². The first-order chi connectivity index (χ1) is 13.8. The van der Waals surface area contributed by atoms with Crippen LogP contribution in [0.1, 0.15) is 36.8 Å². The van der Waals surface area contributed by atoms with Gasteiger partial charge in [0.05, 0.1) is 4.90 Å². The molecule has 0 saturated carbocycles. The van der Waals surface area contributed by atoms with Crippen LogP contribution in [0.15, 0.2) is 47.4 Å². The summed E-state index contributed by atoms with van der Waals surface area (Å²) in [6, 6.07) is 9.63. The maximum Gasteiger partial charge on any atom is 0.243 e. The molecule has 1 saturated heterocycles. The summed E-state index contributed by atoms with van der Waals surface area (Å²) < 4.78 is 54.9. The van der Waals surface area contributed by atoms with Crippen molar-refractivity contribution >= 4 is 15.9 Å². The van der Waals surface area contributed by atoms with Crippen LogP contribution in [0.25, 0.3) is 0 Å². The first kappa shape index (κ1) is 21.4. The van der Waals surface area contributed by atoms with Crippen LogP contribution in [0.3, 0.4) is 0 Å². The fourth-order valence-electron chi connectivity index (χ4n) is 3.51. The molecule has 2 aromatic rings. The molecule has 8 heteroatoms. The van der Waals surface area contributed by atoms with E-state index in [2.05, 4.69) is 5.32 Å². The van der Waals surface area contributed by atoms with Gasteiger partial charge in [-0.05, 0) is 44.0 Å². The van der Waals surface area contributed by atoms with Crippen LogP contribution >= 0.6 is 0 Å². The van der Waals surface area contributed by atoms with Crippen molar-refractivity contribution in [2.75, 3.05) is 6.54 Å². The lowest BCUT2D eigenvalue weighted by Crippen LogP contribution is -2.45. The number of rotatable bonds is 6. The van der Waals surface area contributed by atoms with E-state index in [0.717, 1.165) is 30.5 Å². The van der Waals surface area contributed by atoms with E-state index in [1.165, 1.54) is 10.4 Å². The summed E-state index contributed by atoms with van der Waals surface area (Å²) in [4.78, 5) is 12.6. The molecule has 0 aromatic heterocycles. The van der Waals surface area contributed by atoms with Gasteiger partial charge >= 0.3 is 0 Å². The maximum atomic E-state index is 13.7. The van der Waals surface area contributed by atoms with E-state index in [4.69, 9.17) is 0 Å². The second-order valence-electron chi connectivity index (χ2n) is 7.26. The van der Waals surface area contributed by atoms with E-state index in [1.54, 1.807) is 24.3 Å². The predicted molar refractivity (Wildman–Crippen MR) is 106 cm³/mol. The zero-order valence-electron chi connectivity index (χ0n) is 16.2. The van der Waals surface area contributed by atoms with Crippen LogP contribution < -0.4 is 5.32 Å². The highest BCUT2D eigenvalue weighted by molar-refractivity contribution is 7.89. The number of aryl methyl sites for hydroxylation is 1. The minimum absolute atomic E-state index is 0.0544. The Labute approximate surface area is 169 Å². The fourth-order valence-corrected chi connectivity index (χ4v) is 5.21. The number of nitrogens with one attached hydrogen (secondary N) is 1. The van der Waals surface area contributed by atoms with Gasteiger partial charge in [-0.25, -0.2) is 17.2 Å². The topological polar surface area (TPSA) is 66.5 Å². The third-order valence-electron chi connectivity index (χ3n) is 5.15. The highest BCUT2D eigenvalue weighted by Gasteiger charge is 2.34. The highest BCUT2D eigenvalue weighted by Crippen LogP contribution is 2.27. The number of amides is 1. The van der Waals surface area contributed by atoms with Crippen molar-refractivity contribution in [3.05, 3.63) is 65.2 Å². The van der Waals surface area contributed by atoms with Crippen LogP contribution in [-0.4, -0.2) is 31.2 Å². The maximum absolute atomic E-state index is 13.7. The Morgan fingerprint density at radius 2 is 1.76 bits per heavy atom. The average Bonchev–Trinajstić information content (AvgIpc) is 2.68. The third-order valence-corrected chi connectivity index (χ3v) is 7.11. The molecule has 0 spiro atoms. The number of carbonyl (C=O) groups excluding carboxylic acids is 1. The Balaban J connectivity index is 1.69. The van der Waals surface area contributed by atoms with Crippen molar-refractivity contribution < 1.29 is 22.0 Å². The second-order valence-corrected chi connectivity index (χ2v) is 9.15. The molecular formula is C21H24F2N2O3S. The number of sulfonamides is 1. The molecule has 0 bridgehead atoms. The number of nitrogens with zero attached hydrogens (tertiary/aromatic N) is 1. The normalized spacial score (nSPS) is 17.8. The molecule has 1 amide bonds. The number of hydrogen-bond donors (Lipinski definition) is 1. The van der Waals surface area contributed by atoms with Gasteiger partial charge in [0.25, 0.3) is 0 Å². The molecule has 1 heterocycles. The molecule has 1 fully saturated rings. The summed E-state index contributed by atoms with van der Waals surface area (Å²) in [6.45, 7) is 1.94. The zero-order valence-corrected chi connectivity index (χ0v) is 17.0. The average molecular weight is 422 g/mol. The van der Waals surface area contributed by atoms with E-state index in [-0.39, 0.29) is 23.4 Å². The molecular weight excluding hydrogens is 398 g/mol. The van der Waals surface area contributed by atoms with Gasteiger partial charge in [-0.1, -0.05) is 30.2 Å². The summed E-state index contributed by atoms with van der Waals surface area (Å²) in [6.07, 6.45) is 2.05. The van der Waals surface area contributed by atoms with Crippen LogP contribution in [0.5, 0.6) is 0 Å². The van der Waals surface area contributed by atoms with E-state index in [1.807, 2.05) is 6.92 Å². The van der Waals surface area contributed by atoms with Crippen molar-refractivity contribution in [3.8, 4) is 0 Å². The van der Waals surface area contributed by atoms with Crippen molar-refractivity contribution in [3.63, 3.8) is 0 Å². The van der Waals surface area contributed by atoms with Crippen LogP contribution in [0.4, 0.5) is 8.78 Å². The van der Waals surface area contributed by atoms with Gasteiger partial charge in [-0.2, -0.15) is 4.31 Å². The standard InChI is InChI=1S/C21H24F2N2O3S/c1-15-8-10-17(11-9-15)29(27,28)25-12-3-2-5-16(25)13-21(26)24-14-18-19(22)6-4-7-20(18)23/h4,6-11,16H,2-3,5,12-14H2,1H3,(H,24,26)/t16-/m1/s1. The van der Waals surface area contributed by atoms with Crippen molar-refractivity contribution in [2.45, 2.75) is 50.1 Å². The molecule has 5 nitrogen and oxygen atoms in total. The van der Waals surface area contributed by atoms with Gasteiger partial charge in [-0.3, -0.25) is 4.79 Å². The molecule has 156 valence electrons. The van der Waals surface area contributed by atoms with Gasteiger partial charge in [-0.15, -0.1) is 0 Å². The van der Waals surface area contributed by atoms with E-state index < -0.39 is 33.6 Å². The Bertz CT molecular complexity index is 958. The minimum atomic E-state index is -3.72. The van der Waals surface area contributed by atoms with E-state index in [9.17, 15) is 22.0 Å². The number of carbonyl (C=O) groups is 1. The third kappa shape index (κ3) is 5.00. The summed E-state index contributed by atoms with van der Waals surface area (Å²) in [7, 11) is -3.72. The zero-order chi connectivity index (χ0) is 21.0. The van der Waals surface area contributed by atoms with Gasteiger partial charge in [0.1, 0.15) is 11.6 Å². The smallest absolute Gasteiger partial charge is 0.243 e. The molecule has 1 aliphatic rings. The van der Waals surface area contributed by atoms with Crippen LogP contribution in [0, 0.1) is 18.6 Å². The van der Waals surface area contributed by atoms with E-state index in [0.29, 0.717) is 13.0 Å². The fraction of sp³-hybridized carbons (Fsp3) is 0.381. The highest BCUT2D eigenvalue weighted by atomic mass is 32.2. The Morgan fingerprint density at radius 3 is 2.41 bits per heavy atom. The minimum Gasteiger partial charge on any atom is -0.352 e. The Kier molecular flexibility index (Phi) is 6.64. The second kappa shape index (κ2) is 9.00. The van der Waals surface area contributed by atoms with Crippen LogP contribution in [-0.2, 0) is 21.4 Å². The number of benzene rings is 2. The Hall–Kier alpha value is -2.32. The lowest BCUT2D eigenvalue weighted by Gasteiger charge is -2.34. The summed E-state index contributed by atoms with van der Waals surface area (Å²) in [5.41, 5.74) is 0.743. The van der Waals surface area contributed by atoms with Gasteiger partial charge in [0.2, 0.25) is 15.9 Å². The lowest BCUT2D eigenvalue weighted by molar-refractivity contribution is -0.122. The SMILES string of the molecule is Cc1ccc(S(=O)(=O)N2CCCC[C@@H]2CC(=O)NCc2c(F)cccc2F)cc1. The molecule has 29 heavy (non-hydrogen) atoms. The van der Waals surface area contributed by atoms with Crippen LogP contribution in [0.2, 0.25) is 0 Å². The molecule has 1 atom stereocenters.